The van der Waals surface area contributed by atoms with Crippen LogP contribution in [0.5, 0.6) is 0 Å². The Bertz CT molecular complexity index is 719. The van der Waals surface area contributed by atoms with Gasteiger partial charge in [-0.1, -0.05) is 6.07 Å². The van der Waals surface area contributed by atoms with E-state index < -0.39 is 5.97 Å². The van der Waals surface area contributed by atoms with Crippen LogP contribution in [0.15, 0.2) is 49.1 Å². The van der Waals surface area contributed by atoms with Crippen LogP contribution >= 0.6 is 0 Å². The molecule has 1 N–H and O–H groups in total. The molecule has 0 spiro atoms. The molecule has 3 heterocycles. The molecule has 0 aliphatic heterocycles. The van der Waals surface area contributed by atoms with Gasteiger partial charge in [-0.2, -0.15) is 0 Å². The number of carboxylic acids is 1. The lowest BCUT2D eigenvalue weighted by Gasteiger charge is -1.95. The minimum absolute atomic E-state index is 0.0353. The summed E-state index contributed by atoms with van der Waals surface area (Å²) in [4.78, 5) is 18.9. The maximum atomic E-state index is 10.8. The monoisotopic (exact) mass is 239 g/mol. The Morgan fingerprint density at radius 2 is 2.11 bits per heavy atom. The van der Waals surface area contributed by atoms with Crippen molar-refractivity contribution in [2.75, 3.05) is 0 Å². The largest absolute Gasteiger partial charge is 0.477 e. The van der Waals surface area contributed by atoms with Crippen molar-refractivity contribution in [1.29, 1.82) is 0 Å². The molecular formula is C13H9N3O2. The molecule has 0 amide bonds. The van der Waals surface area contributed by atoms with Gasteiger partial charge in [0, 0.05) is 23.5 Å². The molecule has 18 heavy (non-hydrogen) atoms. The van der Waals surface area contributed by atoms with E-state index in [9.17, 15) is 4.79 Å². The van der Waals surface area contributed by atoms with Crippen molar-refractivity contribution in [2.24, 2.45) is 0 Å². The fourth-order valence-electron chi connectivity index (χ4n) is 1.80. The van der Waals surface area contributed by atoms with Gasteiger partial charge < -0.3 is 9.51 Å². The van der Waals surface area contributed by atoms with Crippen molar-refractivity contribution in [1.82, 2.24) is 14.4 Å². The summed E-state index contributed by atoms with van der Waals surface area (Å²) in [5.74, 6) is -1.03. The zero-order valence-corrected chi connectivity index (χ0v) is 9.32. The molecule has 0 aliphatic carbocycles. The summed E-state index contributed by atoms with van der Waals surface area (Å²) in [6, 6.07) is 9.08. The maximum Gasteiger partial charge on any atom is 0.354 e. The third-order valence-corrected chi connectivity index (χ3v) is 2.67. The highest BCUT2D eigenvalue weighted by Crippen LogP contribution is 2.20. The second-order valence-corrected chi connectivity index (χ2v) is 3.86. The average molecular weight is 239 g/mol. The summed E-state index contributed by atoms with van der Waals surface area (Å²) in [7, 11) is 0. The first-order valence-electron chi connectivity index (χ1n) is 5.36. The van der Waals surface area contributed by atoms with Gasteiger partial charge in [-0.15, -0.1) is 0 Å². The van der Waals surface area contributed by atoms with Crippen LogP contribution in [-0.4, -0.2) is 25.4 Å². The summed E-state index contributed by atoms with van der Waals surface area (Å²) >= 11 is 0. The maximum absolute atomic E-state index is 10.8. The van der Waals surface area contributed by atoms with E-state index in [1.54, 1.807) is 10.6 Å². The van der Waals surface area contributed by atoms with Gasteiger partial charge in [0.1, 0.15) is 6.33 Å². The predicted octanol–water partition coefficient (Wildman–Crippen LogP) is 2.09. The summed E-state index contributed by atoms with van der Waals surface area (Å²) < 4.78 is 1.77. The lowest BCUT2D eigenvalue weighted by Crippen LogP contribution is -2.00. The van der Waals surface area contributed by atoms with Gasteiger partial charge in [0.2, 0.25) is 0 Å². The highest BCUT2D eigenvalue weighted by Gasteiger charge is 2.08. The smallest absolute Gasteiger partial charge is 0.354 e. The van der Waals surface area contributed by atoms with Crippen LogP contribution < -0.4 is 0 Å². The van der Waals surface area contributed by atoms with Crippen LogP contribution in [0, 0.1) is 0 Å². The lowest BCUT2D eigenvalue weighted by atomic mass is 10.2. The Labute approximate surface area is 102 Å². The molecule has 0 saturated carbocycles. The summed E-state index contributed by atoms with van der Waals surface area (Å²) in [6.07, 6.45) is 5.08. The van der Waals surface area contributed by atoms with Gasteiger partial charge in [0.15, 0.2) is 5.69 Å². The third-order valence-electron chi connectivity index (χ3n) is 2.67. The van der Waals surface area contributed by atoms with Gasteiger partial charge in [-0.05, 0) is 24.3 Å². The Morgan fingerprint density at radius 3 is 2.83 bits per heavy atom. The van der Waals surface area contributed by atoms with E-state index in [1.807, 2.05) is 30.5 Å². The second kappa shape index (κ2) is 3.96. The number of fused-ring (bicyclic) bond motifs is 1. The zero-order chi connectivity index (χ0) is 12.5. The quantitative estimate of drug-likeness (QED) is 0.743. The van der Waals surface area contributed by atoms with Gasteiger partial charge in [0.25, 0.3) is 0 Å². The van der Waals surface area contributed by atoms with Crippen molar-refractivity contribution in [3.8, 4) is 11.3 Å². The Balaban J connectivity index is 2.14. The normalized spacial score (nSPS) is 10.7. The van der Waals surface area contributed by atoms with Crippen molar-refractivity contribution >= 4 is 11.5 Å². The van der Waals surface area contributed by atoms with Crippen LogP contribution in [0.1, 0.15) is 10.5 Å². The molecule has 3 rings (SSSR count). The fraction of sp³-hybridized carbons (Fsp3) is 0. The predicted molar refractivity (Wildman–Crippen MR) is 65.4 cm³/mol. The molecule has 0 aromatic carbocycles. The Hall–Kier alpha value is -2.69. The standard InChI is InChI=1S/C13H9N3O2/c17-13(18)12-6-10-5-9(7-16(10)8-15-12)11-3-1-2-4-14-11/h1-8H,(H,17,18). The Morgan fingerprint density at radius 1 is 1.22 bits per heavy atom. The molecular weight excluding hydrogens is 230 g/mol. The van der Waals surface area contributed by atoms with Crippen molar-refractivity contribution < 1.29 is 9.90 Å². The van der Waals surface area contributed by atoms with Crippen molar-refractivity contribution in [2.45, 2.75) is 0 Å². The van der Waals surface area contributed by atoms with Gasteiger partial charge in [-0.3, -0.25) is 4.98 Å². The third kappa shape index (κ3) is 1.71. The summed E-state index contributed by atoms with van der Waals surface area (Å²) in [5.41, 5.74) is 2.59. The molecule has 0 aliphatic rings. The second-order valence-electron chi connectivity index (χ2n) is 3.86. The number of rotatable bonds is 2. The van der Waals surface area contributed by atoms with Crippen molar-refractivity contribution in [3.05, 3.63) is 54.7 Å². The summed E-state index contributed by atoms with van der Waals surface area (Å²) in [6.45, 7) is 0. The molecule has 5 heteroatoms. The minimum Gasteiger partial charge on any atom is -0.477 e. The number of carboxylic acid groups (broad SMARTS) is 1. The molecule has 0 bridgehead atoms. The van der Waals surface area contributed by atoms with E-state index in [0.717, 1.165) is 16.8 Å². The number of nitrogens with zero attached hydrogens (tertiary/aromatic N) is 3. The molecule has 0 radical (unpaired) electrons. The first-order valence-corrected chi connectivity index (χ1v) is 5.36. The van der Waals surface area contributed by atoms with E-state index in [2.05, 4.69) is 9.97 Å². The van der Waals surface area contributed by atoms with Crippen LogP contribution in [0.4, 0.5) is 0 Å². The number of pyridine rings is 1. The first-order chi connectivity index (χ1) is 8.74. The molecule has 88 valence electrons. The molecule has 3 aromatic heterocycles. The summed E-state index contributed by atoms with van der Waals surface area (Å²) in [5, 5.41) is 8.88. The molecule has 0 saturated heterocycles. The molecule has 0 fully saturated rings. The molecule has 5 nitrogen and oxygen atoms in total. The van der Waals surface area contributed by atoms with Gasteiger partial charge >= 0.3 is 5.97 Å². The number of aromatic carboxylic acids is 1. The van der Waals surface area contributed by atoms with E-state index in [4.69, 9.17) is 5.11 Å². The first kappa shape index (κ1) is 10.5. The highest BCUT2D eigenvalue weighted by molar-refractivity contribution is 5.87. The van der Waals surface area contributed by atoms with E-state index in [0.29, 0.717) is 0 Å². The fourth-order valence-corrected chi connectivity index (χ4v) is 1.80. The van der Waals surface area contributed by atoms with Crippen LogP contribution in [0.2, 0.25) is 0 Å². The average Bonchev–Trinajstić information content (AvgIpc) is 2.82. The van der Waals surface area contributed by atoms with Crippen LogP contribution in [0.25, 0.3) is 16.8 Å². The zero-order valence-electron chi connectivity index (χ0n) is 9.32. The van der Waals surface area contributed by atoms with Gasteiger partial charge in [0.05, 0.1) is 5.69 Å². The number of hydrogen-bond acceptors (Lipinski definition) is 3. The Kier molecular flexibility index (Phi) is 2.30. The highest BCUT2D eigenvalue weighted by atomic mass is 16.4. The number of hydrogen-bond donors (Lipinski definition) is 1. The SMILES string of the molecule is O=C(O)c1cc2cc(-c3ccccn3)cn2cn1. The van der Waals surface area contributed by atoms with Crippen LogP contribution in [-0.2, 0) is 0 Å². The molecule has 3 aromatic rings. The van der Waals surface area contributed by atoms with E-state index >= 15 is 0 Å². The topological polar surface area (TPSA) is 67.5 Å². The van der Waals surface area contributed by atoms with E-state index in [-0.39, 0.29) is 5.69 Å². The van der Waals surface area contributed by atoms with E-state index in [1.165, 1.54) is 12.4 Å². The van der Waals surface area contributed by atoms with Crippen LogP contribution in [0.3, 0.4) is 0 Å². The number of carbonyl (C=O) groups is 1. The molecule has 0 atom stereocenters. The van der Waals surface area contributed by atoms with Gasteiger partial charge in [-0.25, -0.2) is 9.78 Å². The minimum atomic E-state index is -1.03. The molecule has 0 unspecified atom stereocenters. The number of aromatic nitrogens is 3. The lowest BCUT2D eigenvalue weighted by molar-refractivity contribution is 0.0690. The van der Waals surface area contributed by atoms with Crippen molar-refractivity contribution in [3.63, 3.8) is 0 Å².